The molecule has 0 saturated carbocycles. The minimum atomic E-state index is -0.167. The van der Waals surface area contributed by atoms with E-state index in [1.165, 1.54) is 0 Å². The fourth-order valence-electron chi connectivity index (χ4n) is 2.74. The molecule has 2 amide bonds. The van der Waals surface area contributed by atoms with Crippen molar-refractivity contribution in [1.82, 2.24) is 24.7 Å². The van der Waals surface area contributed by atoms with Gasteiger partial charge in [0.25, 0.3) is 5.91 Å². The summed E-state index contributed by atoms with van der Waals surface area (Å²) in [6, 6.07) is -0.0400. The van der Waals surface area contributed by atoms with E-state index in [1.807, 2.05) is 49.2 Å². The van der Waals surface area contributed by atoms with Gasteiger partial charge in [0.2, 0.25) is 5.91 Å². The highest BCUT2D eigenvalue weighted by Gasteiger charge is 2.30. The lowest BCUT2D eigenvalue weighted by atomic mass is 10.2. The van der Waals surface area contributed by atoms with Gasteiger partial charge in [-0.05, 0) is 34.9 Å². The van der Waals surface area contributed by atoms with Gasteiger partial charge in [-0.15, -0.1) is 0 Å². The number of carbonyl (C=O) groups excluding carboxylic acids is 2. The summed E-state index contributed by atoms with van der Waals surface area (Å²) in [5.41, 5.74) is 0.420. The predicted molar refractivity (Wildman–Crippen MR) is 88.1 cm³/mol. The molecule has 0 saturated heterocycles. The Morgan fingerprint density at radius 2 is 2.09 bits per heavy atom. The van der Waals surface area contributed by atoms with Gasteiger partial charge in [-0.25, -0.2) is 4.98 Å². The lowest BCUT2D eigenvalue weighted by Crippen LogP contribution is -2.41. The van der Waals surface area contributed by atoms with Crippen LogP contribution in [0.3, 0.4) is 0 Å². The van der Waals surface area contributed by atoms with Crippen LogP contribution in [-0.4, -0.2) is 64.4 Å². The largest absolute Gasteiger partial charge is 0.348 e. The molecule has 0 radical (unpaired) electrons. The van der Waals surface area contributed by atoms with Crippen molar-refractivity contribution in [2.45, 2.75) is 45.8 Å². The molecule has 2 rings (SSSR count). The lowest BCUT2D eigenvalue weighted by molar-refractivity contribution is -0.134. The van der Waals surface area contributed by atoms with Crippen molar-refractivity contribution in [3.8, 4) is 0 Å². The zero-order valence-electron chi connectivity index (χ0n) is 14.7. The molecule has 23 heavy (non-hydrogen) atoms. The average molecular weight is 321 g/mol. The Kier molecular flexibility index (Phi) is 5.41. The second-order valence-electron chi connectivity index (χ2n) is 6.62. The number of hydrogen-bond acceptors (Lipinski definition) is 4. The summed E-state index contributed by atoms with van der Waals surface area (Å²) >= 11 is 0. The van der Waals surface area contributed by atoms with E-state index < -0.39 is 0 Å². The Labute approximate surface area is 137 Å². The monoisotopic (exact) mass is 321 g/mol. The molecular formula is C16H27N5O2. The summed E-state index contributed by atoms with van der Waals surface area (Å²) in [5, 5.41) is 2.85. The highest BCUT2D eigenvalue weighted by Crippen LogP contribution is 2.25. The van der Waals surface area contributed by atoms with Crippen molar-refractivity contribution in [1.29, 1.82) is 0 Å². The van der Waals surface area contributed by atoms with Crippen molar-refractivity contribution in [3.63, 3.8) is 0 Å². The summed E-state index contributed by atoms with van der Waals surface area (Å²) in [4.78, 5) is 32.8. The highest BCUT2D eigenvalue weighted by atomic mass is 16.2. The second-order valence-corrected chi connectivity index (χ2v) is 6.62. The van der Waals surface area contributed by atoms with Crippen LogP contribution < -0.4 is 5.32 Å². The van der Waals surface area contributed by atoms with Gasteiger partial charge in [-0.3, -0.25) is 9.59 Å². The standard InChI is InChI=1S/C16H27N5O2/c1-11(2)17-16(23)13-10-20-8-9-21(12(3)15(20)18-13)14(22)6-7-19(4)5/h10-12H,6-9H2,1-5H3,(H,17,23)/t12-/m1/s1. The zero-order chi connectivity index (χ0) is 17.1. The third-order valence-electron chi connectivity index (χ3n) is 3.98. The normalized spacial score (nSPS) is 17.5. The van der Waals surface area contributed by atoms with Crippen molar-refractivity contribution in [2.75, 3.05) is 27.2 Å². The van der Waals surface area contributed by atoms with E-state index in [2.05, 4.69) is 10.3 Å². The van der Waals surface area contributed by atoms with Gasteiger partial charge in [-0.1, -0.05) is 0 Å². The number of amides is 2. The van der Waals surface area contributed by atoms with Crippen LogP contribution in [-0.2, 0) is 11.3 Å². The Hall–Kier alpha value is -1.89. The predicted octanol–water partition coefficient (Wildman–Crippen LogP) is 0.876. The molecule has 1 atom stereocenters. The van der Waals surface area contributed by atoms with Gasteiger partial charge in [0.05, 0.1) is 6.04 Å². The Morgan fingerprint density at radius 3 is 2.70 bits per heavy atom. The van der Waals surface area contributed by atoms with Gasteiger partial charge in [-0.2, -0.15) is 0 Å². The summed E-state index contributed by atoms with van der Waals surface area (Å²) in [6.45, 7) is 7.87. The maximum atomic E-state index is 12.4. The highest BCUT2D eigenvalue weighted by molar-refractivity contribution is 5.92. The fourth-order valence-corrected chi connectivity index (χ4v) is 2.74. The van der Waals surface area contributed by atoms with Crippen LogP contribution in [0.25, 0.3) is 0 Å². The smallest absolute Gasteiger partial charge is 0.271 e. The number of imidazole rings is 1. The molecule has 7 nitrogen and oxygen atoms in total. The van der Waals surface area contributed by atoms with Gasteiger partial charge in [0, 0.05) is 38.3 Å². The van der Waals surface area contributed by atoms with Crippen molar-refractivity contribution in [2.24, 2.45) is 0 Å². The van der Waals surface area contributed by atoms with E-state index in [4.69, 9.17) is 0 Å². The second kappa shape index (κ2) is 7.12. The molecule has 128 valence electrons. The number of fused-ring (bicyclic) bond motifs is 1. The van der Waals surface area contributed by atoms with Crippen molar-refractivity contribution < 1.29 is 9.59 Å². The van der Waals surface area contributed by atoms with Crippen LogP contribution >= 0.6 is 0 Å². The first-order chi connectivity index (χ1) is 10.8. The van der Waals surface area contributed by atoms with Gasteiger partial charge in [0.1, 0.15) is 11.5 Å². The molecule has 0 aliphatic carbocycles. The molecule has 0 spiro atoms. The molecule has 7 heteroatoms. The molecule has 1 N–H and O–H groups in total. The van der Waals surface area contributed by atoms with E-state index >= 15 is 0 Å². The van der Waals surface area contributed by atoms with E-state index in [0.29, 0.717) is 25.2 Å². The quantitative estimate of drug-likeness (QED) is 0.874. The molecule has 1 aromatic heterocycles. The minimum Gasteiger partial charge on any atom is -0.348 e. The maximum Gasteiger partial charge on any atom is 0.271 e. The van der Waals surface area contributed by atoms with E-state index in [0.717, 1.165) is 12.4 Å². The van der Waals surface area contributed by atoms with E-state index in [-0.39, 0.29) is 23.9 Å². The molecule has 0 fully saturated rings. The lowest BCUT2D eigenvalue weighted by Gasteiger charge is -2.34. The first-order valence-electron chi connectivity index (χ1n) is 8.11. The number of hydrogen-bond donors (Lipinski definition) is 1. The maximum absolute atomic E-state index is 12.4. The molecule has 0 bridgehead atoms. The summed E-state index contributed by atoms with van der Waals surface area (Å²) < 4.78 is 1.98. The van der Waals surface area contributed by atoms with Gasteiger partial charge in [0.15, 0.2) is 0 Å². The van der Waals surface area contributed by atoms with Crippen LogP contribution in [0.1, 0.15) is 49.5 Å². The number of carbonyl (C=O) groups is 2. The SMILES string of the molecule is CC(C)NC(=O)c1cn2c(n1)[C@@H](C)N(C(=O)CCN(C)C)CC2. The Morgan fingerprint density at radius 1 is 1.39 bits per heavy atom. The van der Waals surface area contributed by atoms with Gasteiger partial charge >= 0.3 is 0 Å². The number of nitrogens with zero attached hydrogens (tertiary/aromatic N) is 4. The van der Waals surface area contributed by atoms with E-state index in [9.17, 15) is 9.59 Å². The first kappa shape index (κ1) is 17.5. The third-order valence-corrected chi connectivity index (χ3v) is 3.98. The molecule has 1 aliphatic heterocycles. The Bertz CT molecular complexity index is 579. The van der Waals surface area contributed by atoms with Gasteiger partial charge < -0.3 is 19.7 Å². The van der Waals surface area contributed by atoms with Crippen molar-refractivity contribution in [3.05, 3.63) is 17.7 Å². The molecule has 2 heterocycles. The van der Waals surface area contributed by atoms with E-state index in [1.54, 1.807) is 6.20 Å². The number of aromatic nitrogens is 2. The number of nitrogens with one attached hydrogen (secondary N) is 1. The van der Waals surface area contributed by atoms with Crippen LogP contribution in [0.4, 0.5) is 0 Å². The zero-order valence-corrected chi connectivity index (χ0v) is 14.7. The molecule has 0 aromatic carbocycles. The summed E-state index contributed by atoms with van der Waals surface area (Å²) in [5.74, 6) is 0.747. The topological polar surface area (TPSA) is 70.5 Å². The first-order valence-corrected chi connectivity index (χ1v) is 8.11. The summed E-state index contributed by atoms with van der Waals surface area (Å²) in [7, 11) is 3.92. The van der Waals surface area contributed by atoms with Crippen molar-refractivity contribution >= 4 is 11.8 Å². The average Bonchev–Trinajstić information content (AvgIpc) is 2.89. The van der Waals surface area contributed by atoms with Crippen LogP contribution in [0, 0.1) is 0 Å². The molecular weight excluding hydrogens is 294 g/mol. The van der Waals surface area contributed by atoms with Crippen LogP contribution in [0.15, 0.2) is 6.20 Å². The molecule has 1 aromatic rings. The van der Waals surface area contributed by atoms with Crippen LogP contribution in [0.5, 0.6) is 0 Å². The molecule has 1 aliphatic rings. The number of rotatable bonds is 5. The third kappa shape index (κ3) is 4.10. The van der Waals surface area contributed by atoms with Crippen LogP contribution in [0.2, 0.25) is 0 Å². The minimum absolute atomic E-state index is 0.0720. The Balaban J connectivity index is 2.10. The molecule has 0 unspecified atom stereocenters. The summed E-state index contributed by atoms with van der Waals surface area (Å²) in [6.07, 6.45) is 2.28. The fraction of sp³-hybridized carbons (Fsp3) is 0.688.